The minimum Gasteiger partial charge on any atom is -0.497 e. The summed E-state index contributed by atoms with van der Waals surface area (Å²) in [7, 11) is 1.65. The van der Waals surface area contributed by atoms with E-state index in [1.807, 2.05) is 47.5 Å². The van der Waals surface area contributed by atoms with Gasteiger partial charge in [0.1, 0.15) is 5.75 Å². The van der Waals surface area contributed by atoms with Crippen LogP contribution in [-0.4, -0.2) is 22.8 Å². The van der Waals surface area contributed by atoms with Crippen LogP contribution in [-0.2, 0) is 6.54 Å². The van der Waals surface area contributed by atoms with Crippen molar-refractivity contribution >= 4 is 22.4 Å². The molecule has 1 aliphatic heterocycles. The Labute approximate surface area is 174 Å². The van der Waals surface area contributed by atoms with Gasteiger partial charge in [-0.15, -0.1) is 0 Å². The molecule has 2 aliphatic rings. The standard InChI is InChI=1S/C25H21N3O2/c1-30-18-9-5-16(6-10-18)15-27-23-12-11-22(28-21(13-14-26-28)17-7-8-17)19-3-2-4-20(24(19)23)25(27)29/h2-6,9-14,17H,7-8,15H2,1H3. The normalized spacial score (nSPS) is 15.2. The maximum absolute atomic E-state index is 13.3. The minimum absolute atomic E-state index is 0.0476. The second kappa shape index (κ2) is 6.46. The second-order valence-electron chi connectivity index (χ2n) is 8.01. The van der Waals surface area contributed by atoms with Crippen LogP contribution in [0.2, 0.25) is 0 Å². The van der Waals surface area contributed by atoms with E-state index in [1.54, 1.807) is 7.11 Å². The SMILES string of the molecule is COc1ccc(CN2C(=O)c3cccc4c(-n5nccc5C5CC5)ccc2c34)cc1. The molecule has 0 radical (unpaired) electrons. The summed E-state index contributed by atoms with van der Waals surface area (Å²) in [4.78, 5) is 15.1. The van der Waals surface area contributed by atoms with Crippen molar-refractivity contribution in [1.29, 1.82) is 0 Å². The van der Waals surface area contributed by atoms with E-state index in [-0.39, 0.29) is 5.91 Å². The summed E-state index contributed by atoms with van der Waals surface area (Å²) >= 11 is 0. The molecule has 0 spiro atoms. The molecule has 6 rings (SSSR count). The molecule has 1 fully saturated rings. The molecule has 1 aromatic heterocycles. The van der Waals surface area contributed by atoms with Gasteiger partial charge in [0.2, 0.25) is 0 Å². The highest BCUT2D eigenvalue weighted by Gasteiger charge is 2.32. The van der Waals surface area contributed by atoms with Crippen molar-refractivity contribution in [2.45, 2.75) is 25.3 Å². The van der Waals surface area contributed by atoms with E-state index in [2.05, 4.69) is 34.0 Å². The van der Waals surface area contributed by atoms with Gasteiger partial charge in [0.15, 0.2) is 0 Å². The highest BCUT2D eigenvalue weighted by molar-refractivity contribution is 6.26. The maximum atomic E-state index is 13.3. The van der Waals surface area contributed by atoms with E-state index in [0.717, 1.165) is 39.0 Å². The number of aromatic nitrogens is 2. The quantitative estimate of drug-likeness (QED) is 0.474. The molecule has 2 heterocycles. The van der Waals surface area contributed by atoms with Gasteiger partial charge in [0.25, 0.3) is 5.91 Å². The molecule has 148 valence electrons. The Hall–Kier alpha value is -3.60. The Bertz CT molecular complexity index is 1290. The van der Waals surface area contributed by atoms with Crippen LogP contribution >= 0.6 is 0 Å². The third kappa shape index (κ3) is 2.55. The van der Waals surface area contributed by atoms with E-state index in [1.165, 1.54) is 18.5 Å². The van der Waals surface area contributed by atoms with Crippen molar-refractivity contribution in [3.8, 4) is 11.4 Å². The fourth-order valence-corrected chi connectivity index (χ4v) is 4.49. The molecule has 0 bridgehead atoms. The number of carbonyl (C=O) groups is 1. The first kappa shape index (κ1) is 17.3. The number of hydrogen-bond donors (Lipinski definition) is 0. The molecule has 0 saturated heterocycles. The van der Waals surface area contributed by atoms with Gasteiger partial charge in [-0.1, -0.05) is 24.3 Å². The van der Waals surface area contributed by atoms with E-state index >= 15 is 0 Å². The first-order chi connectivity index (χ1) is 14.7. The van der Waals surface area contributed by atoms with Crippen LogP contribution in [0.15, 0.2) is 66.9 Å². The predicted molar refractivity (Wildman–Crippen MR) is 117 cm³/mol. The van der Waals surface area contributed by atoms with Crippen molar-refractivity contribution < 1.29 is 9.53 Å². The van der Waals surface area contributed by atoms with E-state index in [0.29, 0.717) is 12.5 Å². The Balaban J connectivity index is 1.45. The van der Waals surface area contributed by atoms with Gasteiger partial charge in [-0.05, 0) is 54.8 Å². The lowest BCUT2D eigenvalue weighted by Crippen LogP contribution is -2.26. The van der Waals surface area contributed by atoms with Crippen LogP contribution in [0.3, 0.4) is 0 Å². The van der Waals surface area contributed by atoms with E-state index < -0.39 is 0 Å². The highest BCUT2D eigenvalue weighted by Crippen LogP contribution is 2.44. The lowest BCUT2D eigenvalue weighted by Gasteiger charge is -2.19. The molecule has 1 amide bonds. The van der Waals surface area contributed by atoms with Gasteiger partial charge in [-0.25, -0.2) is 4.68 Å². The number of carbonyl (C=O) groups excluding carboxylic acids is 1. The minimum atomic E-state index is 0.0476. The zero-order valence-electron chi connectivity index (χ0n) is 16.7. The third-order valence-electron chi connectivity index (χ3n) is 6.16. The van der Waals surface area contributed by atoms with Crippen LogP contribution in [0.5, 0.6) is 5.75 Å². The van der Waals surface area contributed by atoms with Crippen LogP contribution in [0.4, 0.5) is 5.69 Å². The molecular weight excluding hydrogens is 374 g/mol. The first-order valence-electron chi connectivity index (χ1n) is 10.3. The molecule has 5 nitrogen and oxygen atoms in total. The topological polar surface area (TPSA) is 47.4 Å². The summed E-state index contributed by atoms with van der Waals surface area (Å²) in [6.45, 7) is 0.529. The number of ether oxygens (including phenoxy) is 1. The van der Waals surface area contributed by atoms with Gasteiger partial charge in [-0.3, -0.25) is 4.79 Å². The van der Waals surface area contributed by atoms with Gasteiger partial charge >= 0.3 is 0 Å². The first-order valence-corrected chi connectivity index (χ1v) is 10.3. The fraction of sp³-hybridized carbons (Fsp3) is 0.200. The number of methoxy groups -OCH3 is 1. The van der Waals surface area contributed by atoms with E-state index in [4.69, 9.17) is 4.74 Å². The van der Waals surface area contributed by atoms with Gasteiger partial charge < -0.3 is 9.64 Å². The molecule has 30 heavy (non-hydrogen) atoms. The third-order valence-corrected chi connectivity index (χ3v) is 6.16. The fourth-order valence-electron chi connectivity index (χ4n) is 4.49. The lowest BCUT2D eigenvalue weighted by molar-refractivity contribution is 0.0991. The molecular formula is C25H21N3O2. The summed E-state index contributed by atoms with van der Waals surface area (Å²) in [5.41, 5.74) is 5.09. The van der Waals surface area contributed by atoms with Crippen LogP contribution in [0.1, 0.15) is 40.4 Å². The molecule has 4 aromatic rings. The number of anilines is 1. The van der Waals surface area contributed by atoms with Crippen molar-refractivity contribution in [3.05, 3.63) is 83.7 Å². The number of rotatable bonds is 5. The van der Waals surface area contributed by atoms with Gasteiger partial charge in [0, 0.05) is 34.1 Å². The average molecular weight is 395 g/mol. The molecule has 0 unspecified atom stereocenters. The maximum Gasteiger partial charge on any atom is 0.259 e. The Morgan fingerprint density at radius 1 is 1.00 bits per heavy atom. The Morgan fingerprint density at radius 2 is 1.80 bits per heavy atom. The van der Waals surface area contributed by atoms with Crippen LogP contribution < -0.4 is 9.64 Å². The van der Waals surface area contributed by atoms with Crippen molar-refractivity contribution in [2.75, 3.05) is 12.0 Å². The summed E-state index contributed by atoms with van der Waals surface area (Å²) < 4.78 is 7.30. The molecule has 5 heteroatoms. The van der Waals surface area contributed by atoms with Gasteiger partial charge in [0.05, 0.1) is 25.0 Å². The van der Waals surface area contributed by atoms with Crippen molar-refractivity contribution in [3.63, 3.8) is 0 Å². The predicted octanol–water partition coefficient (Wildman–Crippen LogP) is 5.07. The lowest BCUT2D eigenvalue weighted by atomic mass is 10.0. The largest absolute Gasteiger partial charge is 0.497 e. The Kier molecular flexibility index (Phi) is 3.72. The molecule has 1 aliphatic carbocycles. The molecule has 3 aromatic carbocycles. The number of nitrogens with zero attached hydrogens (tertiary/aromatic N) is 3. The van der Waals surface area contributed by atoms with Crippen LogP contribution in [0, 0.1) is 0 Å². The number of hydrogen-bond acceptors (Lipinski definition) is 3. The van der Waals surface area contributed by atoms with Gasteiger partial charge in [-0.2, -0.15) is 5.10 Å². The van der Waals surface area contributed by atoms with Crippen molar-refractivity contribution in [1.82, 2.24) is 9.78 Å². The smallest absolute Gasteiger partial charge is 0.259 e. The zero-order chi connectivity index (χ0) is 20.2. The highest BCUT2D eigenvalue weighted by atomic mass is 16.5. The molecule has 0 N–H and O–H groups in total. The van der Waals surface area contributed by atoms with Crippen molar-refractivity contribution in [2.24, 2.45) is 0 Å². The summed E-state index contributed by atoms with van der Waals surface area (Å²) in [6.07, 6.45) is 4.32. The average Bonchev–Trinajstić information content (AvgIpc) is 3.46. The molecule has 1 saturated carbocycles. The number of benzene rings is 3. The summed E-state index contributed by atoms with van der Waals surface area (Å²) in [6, 6.07) is 20.1. The monoisotopic (exact) mass is 395 g/mol. The van der Waals surface area contributed by atoms with Crippen LogP contribution in [0.25, 0.3) is 16.5 Å². The summed E-state index contributed by atoms with van der Waals surface area (Å²) in [5, 5.41) is 6.70. The van der Waals surface area contributed by atoms with E-state index in [9.17, 15) is 4.79 Å². The Morgan fingerprint density at radius 3 is 2.57 bits per heavy atom. The second-order valence-corrected chi connectivity index (χ2v) is 8.01. The molecule has 0 atom stereocenters. The zero-order valence-corrected chi connectivity index (χ0v) is 16.7. The summed E-state index contributed by atoms with van der Waals surface area (Å²) in [5.74, 6) is 1.46. The number of amides is 1.